The Balaban J connectivity index is 1.81. The van der Waals surface area contributed by atoms with Crippen LogP contribution in [-0.4, -0.2) is 65.2 Å². The lowest BCUT2D eigenvalue weighted by molar-refractivity contribution is -0.134. The lowest BCUT2D eigenvalue weighted by atomic mass is 9.72. The molecule has 0 spiro atoms. The Morgan fingerprint density at radius 3 is 2.32 bits per heavy atom. The lowest BCUT2D eigenvalue weighted by Gasteiger charge is -2.47. The Hall–Kier alpha value is -1.96. The number of fused-ring (bicyclic) bond motifs is 1. The minimum atomic E-state index is -0.822. The average Bonchev–Trinajstić information content (AvgIpc) is 2.86. The molecule has 0 unspecified atom stereocenters. The zero-order valence-corrected chi connectivity index (χ0v) is 24.5. The van der Waals surface area contributed by atoms with Crippen molar-refractivity contribution in [1.29, 1.82) is 0 Å². The molecule has 1 aromatic rings. The van der Waals surface area contributed by atoms with Gasteiger partial charge in [-0.05, 0) is 69.4 Å². The molecule has 0 radical (unpaired) electrons. The van der Waals surface area contributed by atoms with Crippen molar-refractivity contribution in [3.63, 3.8) is 0 Å². The summed E-state index contributed by atoms with van der Waals surface area (Å²) < 4.78 is 0. The number of carbonyl (C=O) groups excluding carboxylic acids is 2. The monoisotopic (exact) mass is 528 g/mol. The largest absolute Gasteiger partial charge is 0.390 e. The van der Waals surface area contributed by atoms with Crippen molar-refractivity contribution >= 4 is 11.8 Å². The number of nitrogens with zero attached hydrogens (tertiary/aromatic N) is 1. The highest BCUT2D eigenvalue weighted by Crippen LogP contribution is 2.39. The van der Waals surface area contributed by atoms with Crippen molar-refractivity contribution in [2.45, 2.75) is 104 Å². The molecule has 7 nitrogen and oxygen atoms in total. The van der Waals surface area contributed by atoms with Crippen LogP contribution >= 0.6 is 0 Å². The van der Waals surface area contributed by atoms with E-state index in [0.717, 1.165) is 18.5 Å². The van der Waals surface area contributed by atoms with Crippen molar-refractivity contribution in [2.24, 2.45) is 28.9 Å². The molecule has 2 amide bonds. The summed E-state index contributed by atoms with van der Waals surface area (Å²) in [5.41, 5.74) is 6.33. The molecule has 3 rings (SSSR count). The molecule has 1 saturated carbocycles. The normalized spacial score (nSPS) is 25.1. The van der Waals surface area contributed by atoms with Crippen molar-refractivity contribution in [3.8, 4) is 0 Å². The third-order valence-corrected chi connectivity index (χ3v) is 8.91. The van der Waals surface area contributed by atoms with Gasteiger partial charge in [-0.25, -0.2) is 0 Å². The number of β-amino-alcohol motifs (C(OH)–C–C–N with tert-alkyl or cyclic N) is 1. The summed E-state index contributed by atoms with van der Waals surface area (Å²) in [6, 6.07) is 9.20. The first-order valence-electron chi connectivity index (χ1n) is 14.6. The second kappa shape index (κ2) is 12.9. The Kier molecular flexibility index (Phi) is 10.4. The molecule has 6 atom stereocenters. The molecule has 38 heavy (non-hydrogen) atoms. The number of amides is 2. The number of aliphatic hydroxyl groups excluding tert-OH is 1. The van der Waals surface area contributed by atoms with Crippen molar-refractivity contribution < 1.29 is 14.7 Å². The third kappa shape index (κ3) is 8.27. The van der Waals surface area contributed by atoms with Crippen molar-refractivity contribution in [2.75, 3.05) is 19.6 Å². The van der Waals surface area contributed by atoms with Gasteiger partial charge in [0.25, 0.3) is 0 Å². The van der Waals surface area contributed by atoms with Gasteiger partial charge < -0.3 is 21.5 Å². The van der Waals surface area contributed by atoms with E-state index in [9.17, 15) is 14.7 Å². The van der Waals surface area contributed by atoms with Gasteiger partial charge in [-0.15, -0.1) is 0 Å². The maximum atomic E-state index is 13.4. The van der Waals surface area contributed by atoms with Crippen LogP contribution in [0, 0.1) is 23.2 Å². The quantitative estimate of drug-likeness (QED) is 0.372. The van der Waals surface area contributed by atoms with Gasteiger partial charge in [0.15, 0.2) is 0 Å². The van der Waals surface area contributed by atoms with E-state index in [1.165, 1.54) is 25.7 Å². The summed E-state index contributed by atoms with van der Waals surface area (Å²) in [6.45, 7) is 13.5. The van der Waals surface area contributed by atoms with E-state index >= 15 is 0 Å². The van der Waals surface area contributed by atoms with Gasteiger partial charge in [0.1, 0.15) is 0 Å². The topological polar surface area (TPSA) is 108 Å². The molecule has 1 heterocycles. The van der Waals surface area contributed by atoms with Gasteiger partial charge in [0.2, 0.25) is 11.8 Å². The molecule has 2 fully saturated rings. The SMILES string of the molecule is C[C@@H](C(=O)N[C@@H](Cc1ccccc1)[C@H](O)CN1C[C@H]2CCCC[C@H]2C[C@H]1C(=O)NC(C)(C)C)C(C)(C)CN. The van der Waals surface area contributed by atoms with Gasteiger partial charge in [0, 0.05) is 24.5 Å². The summed E-state index contributed by atoms with van der Waals surface area (Å²) in [5.74, 6) is 0.750. The van der Waals surface area contributed by atoms with Crippen LogP contribution in [-0.2, 0) is 16.0 Å². The Bertz CT molecular complexity index is 913. The fourth-order valence-electron chi connectivity index (χ4n) is 5.99. The Labute approximate surface area is 230 Å². The van der Waals surface area contributed by atoms with Gasteiger partial charge >= 0.3 is 0 Å². The first kappa shape index (κ1) is 30.6. The minimum absolute atomic E-state index is 0.0377. The number of hydrogen-bond acceptors (Lipinski definition) is 5. The van der Waals surface area contributed by atoms with Crippen LogP contribution in [0.3, 0.4) is 0 Å². The van der Waals surface area contributed by atoms with E-state index in [-0.39, 0.29) is 34.7 Å². The molecular weight excluding hydrogens is 476 g/mol. The fourth-order valence-corrected chi connectivity index (χ4v) is 5.99. The second-order valence-corrected chi connectivity index (χ2v) is 13.5. The summed E-state index contributed by atoms with van der Waals surface area (Å²) in [6.07, 6.45) is 5.36. The highest BCUT2D eigenvalue weighted by Gasteiger charge is 2.42. The van der Waals surface area contributed by atoms with Crippen LogP contribution in [0.2, 0.25) is 0 Å². The number of likely N-dealkylation sites (tertiary alicyclic amines) is 1. The molecule has 1 aliphatic carbocycles. The summed E-state index contributed by atoms with van der Waals surface area (Å²) >= 11 is 0. The highest BCUT2D eigenvalue weighted by molar-refractivity contribution is 5.82. The maximum Gasteiger partial charge on any atom is 0.237 e. The number of hydrogen-bond donors (Lipinski definition) is 4. The predicted molar refractivity (Wildman–Crippen MR) is 153 cm³/mol. The molecule has 214 valence electrons. The Morgan fingerprint density at radius 1 is 1.08 bits per heavy atom. The van der Waals surface area contributed by atoms with Crippen LogP contribution in [0.25, 0.3) is 0 Å². The maximum absolute atomic E-state index is 13.4. The van der Waals surface area contributed by atoms with Crippen molar-refractivity contribution in [1.82, 2.24) is 15.5 Å². The van der Waals surface area contributed by atoms with Gasteiger partial charge in [-0.3, -0.25) is 14.5 Å². The zero-order chi connectivity index (χ0) is 28.1. The summed E-state index contributed by atoms with van der Waals surface area (Å²) in [5, 5.41) is 18.0. The first-order chi connectivity index (χ1) is 17.8. The fraction of sp³-hybridized carbons (Fsp3) is 0.742. The van der Waals surface area contributed by atoms with Crippen LogP contribution in [0.15, 0.2) is 30.3 Å². The molecule has 0 aromatic heterocycles. The van der Waals surface area contributed by atoms with Crippen molar-refractivity contribution in [3.05, 3.63) is 35.9 Å². The molecule has 7 heteroatoms. The molecule has 5 N–H and O–H groups in total. The number of carbonyl (C=O) groups is 2. The molecular formula is C31H52N4O3. The van der Waals surface area contributed by atoms with E-state index in [0.29, 0.717) is 31.3 Å². The third-order valence-electron chi connectivity index (χ3n) is 8.91. The summed E-state index contributed by atoms with van der Waals surface area (Å²) in [7, 11) is 0. The van der Waals surface area contributed by atoms with Crippen LogP contribution in [0.1, 0.15) is 79.2 Å². The number of nitrogens with one attached hydrogen (secondary N) is 2. The second-order valence-electron chi connectivity index (χ2n) is 13.5. The van der Waals surface area contributed by atoms with Crippen LogP contribution in [0.5, 0.6) is 0 Å². The van der Waals surface area contributed by atoms with Gasteiger partial charge in [-0.1, -0.05) is 70.4 Å². The first-order valence-corrected chi connectivity index (χ1v) is 14.6. The molecule has 2 aliphatic rings. The highest BCUT2D eigenvalue weighted by atomic mass is 16.3. The number of benzene rings is 1. The van der Waals surface area contributed by atoms with E-state index in [1.807, 2.05) is 71.9 Å². The molecule has 0 bridgehead atoms. The lowest BCUT2D eigenvalue weighted by Crippen LogP contribution is -2.60. The van der Waals surface area contributed by atoms with Crippen LogP contribution in [0.4, 0.5) is 0 Å². The predicted octanol–water partition coefficient (Wildman–Crippen LogP) is 3.49. The van der Waals surface area contributed by atoms with E-state index in [2.05, 4.69) is 15.5 Å². The number of rotatable bonds is 10. The minimum Gasteiger partial charge on any atom is -0.390 e. The average molecular weight is 529 g/mol. The number of piperidine rings is 1. The molecule has 1 aliphatic heterocycles. The smallest absolute Gasteiger partial charge is 0.237 e. The van der Waals surface area contributed by atoms with E-state index in [1.54, 1.807) is 0 Å². The summed E-state index contributed by atoms with van der Waals surface area (Å²) in [4.78, 5) is 28.9. The van der Waals surface area contributed by atoms with E-state index in [4.69, 9.17) is 5.73 Å². The number of aliphatic hydroxyl groups is 1. The number of nitrogens with two attached hydrogens (primary N) is 1. The molecule has 1 saturated heterocycles. The zero-order valence-electron chi connectivity index (χ0n) is 24.5. The van der Waals surface area contributed by atoms with Gasteiger partial charge in [0.05, 0.1) is 18.2 Å². The standard InChI is InChI=1S/C31H52N4O3/c1-21(31(5,6)20-32)28(37)33-25(16-22-12-8-7-9-13-22)27(36)19-35-18-24-15-11-10-14-23(24)17-26(35)29(38)34-30(2,3)4/h7-9,12-13,21,23-27,36H,10-11,14-20,32H2,1-6H3,(H,33,37)(H,34,38)/t21-,23-,24+,25-,26-,27+/m0/s1. The molecule has 1 aromatic carbocycles. The van der Waals surface area contributed by atoms with Crippen LogP contribution < -0.4 is 16.4 Å². The Morgan fingerprint density at radius 2 is 1.71 bits per heavy atom. The van der Waals surface area contributed by atoms with Gasteiger partial charge in [-0.2, -0.15) is 0 Å². The van der Waals surface area contributed by atoms with E-state index < -0.39 is 12.1 Å².